The van der Waals surface area contributed by atoms with Crippen molar-refractivity contribution < 1.29 is 18.0 Å². The Labute approximate surface area is 122 Å². The summed E-state index contributed by atoms with van der Waals surface area (Å²) in [6.45, 7) is 1.73. The van der Waals surface area contributed by atoms with Gasteiger partial charge in [0, 0.05) is 18.5 Å². The molecule has 0 radical (unpaired) electrons. The van der Waals surface area contributed by atoms with Crippen LogP contribution in [0.5, 0.6) is 0 Å². The zero-order chi connectivity index (χ0) is 15.3. The molecule has 2 heterocycles. The molecule has 1 spiro atoms. The van der Waals surface area contributed by atoms with E-state index in [1.807, 2.05) is 0 Å². The Morgan fingerprint density at radius 3 is 2.62 bits per heavy atom. The van der Waals surface area contributed by atoms with Crippen LogP contribution in [0.1, 0.15) is 18.9 Å². The number of nitrogens with one attached hydrogen (secondary N) is 2. The zero-order valence-corrected chi connectivity index (χ0v) is 12.2. The minimum Gasteiger partial charge on any atom is -0.319 e. The Hall–Kier alpha value is -2.09. The quantitative estimate of drug-likeness (QED) is 0.767. The van der Waals surface area contributed by atoms with E-state index in [1.54, 1.807) is 31.2 Å². The van der Waals surface area contributed by atoms with E-state index in [0.29, 0.717) is 11.3 Å². The standard InChI is InChI=1S/C13H15N3O4S/c1-2-21(19,20)16-8-7-13(11(17)14-12(18)15-13)9-5-3-4-6-10(9)16/h3-6H,2,7-8H2,1H3,(H2,14,15,17,18). The normalized spacial score (nSPS) is 24.7. The summed E-state index contributed by atoms with van der Waals surface area (Å²) in [6, 6.07) is 6.21. The van der Waals surface area contributed by atoms with E-state index < -0.39 is 27.5 Å². The molecule has 0 aliphatic carbocycles. The number of imide groups is 1. The molecule has 3 amide bonds. The summed E-state index contributed by atoms with van der Waals surface area (Å²) in [6.07, 6.45) is 0.209. The molecule has 1 atom stereocenters. The van der Waals surface area contributed by atoms with Crippen LogP contribution in [0.4, 0.5) is 10.5 Å². The summed E-state index contributed by atoms with van der Waals surface area (Å²) in [5.41, 5.74) is -0.215. The fourth-order valence-corrected chi connectivity index (χ4v) is 4.02. The molecule has 0 bridgehead atoms. The van der Waals surface area contributed by atoms with Gasteiger partial charge in [-0.2, -0.15) is 0 Å². The number of sulfonamides is 1. The van der Waals surface area contributed by atoms with E-state index in [4.69, 9.17) is 0 Å². The van der Waals surface area contributed by atoms with Gasteiger partial charge in [0.2, 0.25) is 10.0 Å². The van der Waals surface area contributed by atoms with Gasteiger partial charge in [-0.25, -0.2) is 13.2 Å². The average molecular weight is 309 g/mol. The molecule has 112 valence electrons. The van der Waals surface area contributed by atoms with Crippen LogP contribution in [-0.2, 0) is 20.4 Å². The van der Waals surface area contributed by atoms with Crippen LogP contribution in [0.25, 0.3) is 0 Å². The van der Waals surface area contributed by atoms with Crippen molar-refractivity contribution in [2.45, 2.75) is 18.9 Å². The lowest BCUT2D eigenvalue weighted by Gasteiger charge is -2.39. The predicted octanol–water partition coefficient (Wildman–Crippen LogP) is 0.281. The lowest BCUT2D eigenvalue weighted by Crippen LogP contribution is -2.52. The van der Waals surface area contributed by atoms with Crippen molar-refractivity contribution in [3.63, 3.8) is 0 Å². The van der Waals surface area contributed by atoms with Gasteiger partial charge in [0.25, 0.3) is 5.91 Å². The number of anilines is 1. The molecule has 2 N–H and O–H groups in total. The Bertz CT molecular complexity index is 731. The largest absolute Gasteiger partial charge is 0.322 e. The number of rotatable bonds is 2. The average Bonchev–Trinajstić information content (AvgIpc) is 2.74. The number of fused-ring (bicyclic) bond motifs is 2. The van der Waals surface area contributed by atoms with Crippen LogP contribution in [0, 0.1) is 0 Å². The number of hydrogen-bond acceptors (Lipinski definition) is 4. The number of amides is 3. The third-order valence-electron chi connectivity index (χ3n) is 3.96. The minimum absolute atomic E-state index is 0.0209. The lowest BCUT2D eigenvalue weighted by atomic mass is 9.83. The Kier molecular flexibility index (Phi) is 2.94. The molecular weight excluding hydrogens is 294 g/mol. The van der Waals surface area contributed by atoms with Gasteiger partial charge in [-0.05, 0) is 13.0 Å². The predicted molar refractivity (Wildman–Crippen MR) is 76.2 cm³/mol. The summed E-state index contributed by atoms with van der Waals surface area (Å²) in [5, 5.41) is 4.87. The van der Waals surface area contributed by atoms with Crippen LogP contribution in [0.15, 0.2) is 24.3 Å². The van der Waals surface area contributed by atoms with Crippen LogP contribution in [-0.4, -0.2) is 32.7 Å². The van der Waals surface area contributed by atoms with Gasteiger partial charge in [-0.3, -0.25) is 14.4 Å². The maximum atomic E-state index is 12.2. The SMILES string of the molecule is CCS(=O)(=O)N1CCC2(NC(=O)NC2=O)c2ccccc21. The summed E-state index contributed by atoms with van der Waals surface area (Å²) in [7, 11) is -3.42. The van der Waals surface area contributed by atoms with Crippen molar-refractivity contribution in [3.05, 3.63) is 29.8 Å². The number of para-hydroxylation sites is 1. The second kappa shape index (κ2) is 4.45. The van der Waals surface area contributed by atoms with E-state index >= 15 is 0 Å². The number of urea groups is 1. The summed E-state index contributed by atoms with van der Waals surface area (Å²) in [5.74, 6) is -0.458. The van der Waals surface area contributed by atoms with Crippen molar-refractivity contribution in [2.24, 2.45) is 0 Å². The fourth-order valence-electron chi connectivity index (χ4n) is 2.88. The van der Waals surface area contributed by atoms with E-state index in [9.17, 15) is 18.0 Å². The Morgan fingerprint density at radius 2 is 2.00 bits per heavy atom. The van der Waals surface area contributed by atoms with Gasteiger partial charge >= 0.3 is 6.03 Å². The number of hydrogen-bond donors (Lipinski definition) is 2. The molecule has 3 rings (SSSR count). The van der Waals surface area contributed by atoms with Crippen LogP contribution in [0.2, 0.25) is 0 Å². The van der Waals surface area contributed by atoms with Gasteiger partial charge in [0.05, 0.1) is 11.4 Å². The topological polar surface area (TPSA) is 95.6 Å². The third kappa shape index (κ3) is 1.90. The molecule has 1 aromatic carbocycles. The lowest BCUT2D eigenvalue weighted by molar-refractivity contribution is -0.124. The molecule has 21 heavy (non-hydrogen) atoms. The van der Waals surface area contributed by atoms with Gasteiger partial charge < -0.3 is 5.32 Å². The number of carbonyl (C=O) groups is 2. The first-order chi connectivity index (χ1) is 9.90. The van der Waals surface area contributed by atoms with Crippen LogP contribution in [0.3, 0.4) is 0 Å². The minimum atomic E-state index is -3.42. The fraction of sp³-hybridized carbons (Fsp3) is 0.385. The highest BCUT2D eigenvalue weighted by Crippen LogP contribution is 2.41. The first kappa shape index (κ1) is 13.9. The maximum Gasteiger partial charge on any atom is 0.322 e. The van der Waals surface area contributed by atoms with Gasteiger partial charge in [-0.1, -0.05) is 18.2 Å². The third-order valence-corrected chi connectivity index (χ3v) is 5.75. The Morgan fingerprint density at radius 1 is 1.29 bits per heavy atom. The summed E-state index contributed by atoms with van der Waals surface area (Å²) < 4.78 is 25.7. The van der Waals surface area contributed by atoms with Gasteiger partial charge in [-0.15, -0.1) is 0 Å². The molecule has 1 fully saturated rings. The van der Waals surface area contributed by atoms with E-state index in [0.717, 1.165) is 0 Å². The number of nitrogens with zero attached hydrogens (tertiary/aromatic N) is 1. The molecule has 1 saturated heterocycles. The van der Waals surface area contributed by atoms with Crippen molar-refractivity contribution in [1.29, 1.82) is 0 Å². The van der Waals surface area contributed by atoms with Gasteiger partial charge in [0.1, 0.15) is 5.54 Å². The molecule has 7 nitrogen and oxygen atoms in total. The molecule has 0 aromatic heterocycles. The van der Waals surface area contributed by atoms with E-state index in [2.05, 4.69) is 10.6 Å². The molecular formula is C13H15N3O4S. The highest BCUT2D eigenvalue weighted by Gasteiger charge is 2.52. The molecule has 8 heteroatoms. The molecule has 2 aliphatic rings. The smallest absolute Gasteiger partial charge is 0.319 e. The van der Waals surface area contributed by atoms with Crippen molar-refractivity contribution >= 4 is 27.6 Å². The summed E-state index contributed by atoms with van der Waals surface area (Å²) in [4.78, 5) is 23.7. The summed E-state index contributed by atoms with van der Waals surface area (Å²) >= 11 is 0. The van der Waals surface area contributed by atoms with Crippen LogP contribution >= 0.6 is 0 Å². The first-order valence-corrected chi connectivity index (χ1v) is 8.25. The zero-order valence-electron chi connectivity index (χ0n) is 11.4. The van der Waals surface area contributed by atoms with Crippen molar-refractivity contribution in [3.8, 4) is 0 Å². The van der Waals surface area contributed by atoms with E-state index in [1.165, 1.54) is 4.31 Å². The van der Waals surface area contributed by atoms with Crippen LogP contribution < -0.4 is 14.9 Å². The number of carbonyl (C=O) groups excluding carboxylic acids is 2. The first-order valence-electron chi connectivity index (χ1n) is 6.64. The second-order valence-electron chi connectivity index (χ2n) is 5.05. The molecule has 0 saturated carbocycles. The molecule has 1 aromatic rings. The second-order valence-corrected chi connectivity index (χ2v) is 7.24. The number of benzene rings is 1. The highest BCUT2D eigenvalue weighted by atomic mass is 32.2. The monoisotopic (exact) mass is 309 g/mol. The molecule has 2 aliphatic heterocycles. The maximum absolute atomic E-state index is 12.2. The van der Waals surface area contributed by atoms with Gasteiger partial charge in [0.15, 0.2) is 0 Å². The van der Waals surface area contributed by atoms with Crippen molar-refractivity contribution in [1.82, 2.24) is 10.6 Å². The molecule has 1 unspecified atom stereocenters. The highest BCUT2D eigenvalue weighted by molar-refractivity contribution is 7.92. The van der Waals surface area contributed by atoms with E-state index in [-0.39, 0.29) is 18.7 Å². The Balaban J connectivity index is 2.17. The van der Waals surface area contributed by atoms with Crippen molar-refractivity contribution in [2.75, 3.05) is 16.6 Å².